The third-order valence-electron chi connectivity index (χ3n) is 1.13. The van der Waals surface area contributed by atoms with E-state index in [0.717, 1.165) is 6.07 Å². The zero-order valence-electron chi connectivity index (χ0n) is 5.27. The lowest BCUT2D eigenvalue weighted by Gasteiger charge is -1.96. The molecule has 0 saturated carbocycles. The second-order valence-electron chi connectivity index (χ2n) is 1.92. The Kier molecular flexibility index (Phi) is 1.89. The maximum Gasteiger partial charge on any atom is 0.253 e. The van der Waals surface area contributed by atoms with Crippen LogP contribution in [0.25, 0.3) is 0 Å². The standard InChI is InChI=1S/C6H5BrFNO/c1-9-3-4(7)5(8)2-6(9)10/h2-3H,1H3. The van der Waals surface area contributed by atoms with E-state index in [9.17, 15) is 9.18 Å². The SMILES string of the molecule is Cn1cc(Br)c(F)cc1=O. The highest BCUT2D eigenvalue weighted by Crippen LogP contribution is 2.10. The number of aryl methyl sites for hydroxylation is 1. The van der Waals surface area contributed by atoms with Gasteiger partial charge in [-0.05, 0) is 15.9 Å². The number of hydrogen-bond donors (Lipinski definition) is 0. The van der Waals surface area contributed by atoms with Crippen molar-refractivity contribution in [2.45, 2.75) is 0 Å². The van der Waals surface area contributed by atoms with Gasteiger partial charge in [-0.25, -0.2) is 4.39 Å². The first-order chi connectivity index (χ1) is 4.61. The summed E-state index contributed by atoms with van der Waals surface area (Å²) in [4.78, 5) is 10.7. The van der Waals surface area contributed by atoms with Crippen molar-refractivity contribution in [3.63, 3.8) is 0 Å². The predicted octanol–water partition coefficient (Wildman–Crippen LogP) is 1.29. The van der Waals surface area contributed by atoms with Crippen LogP contribution < -0.4 is 5.56 Å². The van der Waals surface area contributed by atoms with Crippen molar-refractivity contribution in [3.05, 3.63) is 32.9 Å². The third kappa shape index (κ3) is 1.26. The molecule has 0 unspecified atom stereocenters. The van der Waals surface area contributed by atoms with Crippen molar-refractivity contribution in [1.29, 1.82) is 0 Å². The van der Waals surface area contributed by atoms with Gasteiger partial charge in [-0.2, -0.15) is 0 Å². The Bertz CT molecular complexity index is 307. The molecule has 0 aliphatic rings. The highest BCUT2D eigenvalue weighted by atomic mass is 79.9. The Morgan fingerprint density at radius 1 is 1.70 bits per heavy atom. The van der Waals surface area contributed by atoms with E-state index in [1.54, 1.807) is 7.05 Å². The summed E-state index contributed by atoms with van der Waals surface area (Å²) < 4.78 is 14.1. The van der Waals surface area contributed by atoms with Gasteiger partial charge in [0.15, 0.2) is 0 Å². The normalized spacial score (nSPS) is 9.90. The fourth-order valence-electron chi connectivity index (χ4n) is 0.574. The predicted molar refractivity (Wildman–Crippen MR) is 39.3 cm³/mol. The molecule has 0 spiro atoms. The summed E-state index contributed by atoms with van der Waals surface area (Å²) in [6.45, 7) is 0. The minimum absolute atomic E-state index is 0.301. The van der Waals surface area contributed by atoms with Crippen LogP contribution in [0.15, 0.2) is 21.5 Å². The van der Waals surface area contributed by atoms with Gasteiger partial charge in [0.05, 0.1) is 4.47 Å². The van der Waals surface area contributed by atoms with E-state index in [2.05, 4.69) is 15.9 Å². The first kappa shape index (κ1) is 7.47. The molecule has 0 aromatic carbocycles. The lowest BCUT2D eigenvalue weighted by Crippen LogP contribution is -2.15. The number of hydrogen-bond acceptors (Lipinski definition) is 1. The van der Waals surface area contributed by atoms with Crippen LogP contribution in [0.1, 0.15) is 0 Å². The van der Waals surface area contributed by atoms with E-state index in [-0.39, 0.29) is 5.56 Å². The van der Waals surface area contributed by atoms with Crippen LogP contribution >= 0.6 is 15.9 Å². The maximum absolute atomic E-state index is 12.5. The summed E-state index contributed by atoms with van der Waals surface area (Å²) >= 11 is 2.95. The van der Waals surface area contributed by atoms with Gasteiger partial charge in [0, 0.05) is 19.3 Å². The van der Waals surface area contributed by atoms with Crippen molar-refractivity contribution in [2.24, 2.45) is 7.05 Å². The van der Waals surface area contributed by atoms with Gasteiger partial charge in [-0.3, -0.25) is 4.79 Å². The Morgan fingerprint density at radius 2 is 2.30 bits per heavy atom. The molecule has 1 aromatic rings. The first-order valence-corrected chi connectivity index (χ1v) is 3.42. The van der Waals surface area contributed by atoms with E-state index < -0.39 is 5.82 Å². The number of halogens is 2. The Balaban J connectivity index is 3.43. The Morgan fingerprint density at radius 3 is 2.80 bits per heavy atom. The fourth-order valence-corrected chi connectivity index (χ4v) is 0.996. The van der Waals surface area contributed by atoms with Gasteiger partial charge >= 0.3 is 0 Å². The number of rotatable bonds is 0. The highest BCUT2D eigenvalue weighted by molar-refractivity contribution is 9.10. The summed E-state index contributed by atoms with van der Waals surface area (Å²) in [6, 6.07) is 0.935. The molecule has 0 aliphatic carbocycles. The maximum atomic E-state index is 12.5. The summed E-state index contributed by atoms with van der Waals surface area (Å²) in [5, 5.41) is 0. The van der Waals surface area contributed by atoms with E-state index in [1.807, 2.05) is 0 Å². The molecule has 1 heterocycles. The van der Waals surface area contributed by atoms with Crippen molar-refractivity contribution in [2.75, 3.05) is 0 Å². The van der Waals surface area contributed by atoms with E-state index in [0.29, 0.717) is 4.47 Å². The van der Waals surface area contributed by atoms with Crippen molar-refractivity contribution in [1.82, 2.24) is 4.57 Å². The first-order valence-electron chi connectivity index (χ1n) is 2.63. The molecule has 4 heteroatoms. The lowest BCUT2D eigenvalue weighted by atomic mass is 10.5. The quantitative estimate of drug-likeness (QED) is 0.626. The fraction of sp³-hybridized carbons (Fsp3) is 0.167. The van der Waals surface area contributed by atoms with Gasteiger partial charge in [-0.1, -0.05) is 0 Å². The summed E-state index contributed by atoms with van der Waals surface area (Å²) in [7, 11) is 1.56. The monoisotopic (exact) mass is 205 g/mol. The average molecular weight is 206 g/mol. The second-order valence-corrected chi connectivity index (χ2v) is 2.77. The summed E-state index contributed by atoms with van der Waals surface area (Å²) in [5.41, 5.74) is -0.347. The molecule has 1 rings (SSSR count). The number of nitrogens with zero attached hydrogens (tertiary/aromatic N) is 1. The molecule has 0 atom stereocenters. The van der Waals surface area contributed by atoms with Crippen LogP contribution in [-0.4, -0.2) is 4.57 Å². The van der Waals surface area contributed by atoms with E-state index in [1.165, 1.54) is 10.8 Å². The molecule has 0 fully saturated rings. The highest BCUT2D eigenvalue weighted by Gasteiger charge is 1.99. The molecule has 0 aliphatic heterocycles. The van der Waals surface area contributed by atoms with Crippen molar-refractivity contribution < 1.29 is 4.39 Å². The molecule has 0 N–H and O–H groups in total. The van der Waals surface area contributed by atoms with Gasteiger partial charge in [0.25, 0.3) is 5.56 Å². The van der Waals surface area contributed by atoms with Gasteiger partial charge < -0.3 is 4.57 Å². The van der Waals surface area contributed by atoms with Crippen LogP contribution in [0.3, 0.4) is 0 Å². The molecule has 0 amide bonds. The molecule has 0 saturated heterocycles. The van der Waals surface area contributed by atoms with Crippen LogP contribution in [0.2, 0.25) is 0 Å². The molecular formula is C6H5BrFNO. The average Bonchev–Trinajstić information content (AvgIpc) is 1.84. The molecule has 0 radical (unpaired) electrons. The van der Waals surface area contributed by atoms with Crippen LogP contribution in [0.4, 0.5) is 4.39 Å². The van der Waals surface area contributed by atoms with Gasteiger partial charge in [0.1, 0.15) is 5.82 Å². The Hall–Kier alpha value is -0.640. The van der Waals surface area contributed by atoms with Gasteiger partial charge in [-0.15, -0.1) is 0 Å². The van der Waals surface area contributed by atoms with Gasteiger partial charge in [0.2, 0.25) is 0 Å². The minimum atomic E-state index is -0.525. The summed E-state index contributed by atoms with van der Waals surface area (Å²) in [5.74, 6) is -0.525. The largest absolute Gasteiger partial charge is 0.317 e. The number of aromatic nitrogens is 1. The smallest absolute Gasteiger partial charge is 0.253 e. The zero-order chi connectivity index (χ0) is 7.72. The minimum Gasteiger partial charge on any atom is -0.317 e. The molecule has 2 nitrogen and oxygen atoms in total. The van der Waals surface area contributed by atoms with E-state index >= 15 is 0 Å². The molecule has 54 valence electrons. The topological polar surface area (TPSA) is 22.0 Å². The molecule has 10 heavy (non-hydrogen) atoms. The lowest BCUT2D eigenvalue weighted by molar-refractivity contribution is 0.609. The summed E-state index contributed by atoms with van der Waals surface area (Å²) in [6.07, 6.45) is 1.39. The zero-order valence-corrected chi connectivity index (χ0v) is 6.85. The van der Waals surface area contributed by atoms with E-state index in [4.69, 9.17) is 0 Å². The van der Waals surface area contributed by atoms with Crippen LogP contribution in [0.5, 0.6) is 0 Å². The molecular weight excluding hydrogens is 201 g/mol. The third-order valence-corrected chi connectivity index (χ3v) is 1.72. The van der Waals surface area contributed by atoms with Crippen molar-refractivity contribution >= 4 is 15.9 Å². The second kappa shape index (κ2) is 2.54. The van der Waals surface area contributed by atoms with Crippen LogP contribution in [-0.2, 0) is 7.05 Å². The number of pyridine rings is 1. The van der Waals surface area contributed by atoms with Crippen LogP contribution in [0, 0.1) is 5.82 Å². The van der Waals surface area contributed by atoms with Crippen molar-refractivity contribution in [3.8, 4) is 0 Å². The Labute approximate surface area is 65.4 Å². The molecule has 1 aromatic heterocycles. The molecule has 0 bridgehead atoms.